The van der Waals surface area contributed by atoms with Gasteiger partial charge in [0.2, 0.25) is 11.1 Å². The Morgan fingerprint density at radius 3 is 2.89 bits per heavy atom. The first kappa shape index (κ1) is 12.2. The molecule has 2 aromatic rings. The van der Waals surface area contributed by atoms with E-state index in [0.717, 1.165) is 18.5 Å². The van der Waals surface area contributed by atoms with Gasteiger partial charge < -0.3 is 5.32 Å². The van der Waals surface area contributed by atoms with E-state index in [2.05, 4.69) is 20.8 Å². The molecule has 0 radical (unpaired) electrons. The second kappa shape index (κ2) is 5.40. The highest BCUT2D eigenvalue weighted by Gasteiger charge is 2.23. The SMILES string of the molecule is O=C(CSc1nnnn1-c1ccccc1)NC1CC1. The minimum atomic E-state index is 0.0371. The minimum Gasteiger partial charge on any atom is -0.353 e. The van der Waals surface area contributed by atoms with Gasteiger partial charge in [0.1, 0.15) is 0 Å². The van der Waals surface area contributed by atoms with Crippen LogP contribution in [0.25, 0.3) is 5.69 Å². The highest BCUT2D eigenvalue weighted by atomic mass is 32.2. The van der Waals surface area contributed by atoms with Crippen LogP contribution in [0.1, 0.15) is 12.8 Å². The molecule has 1 saturated carbocycles. The third-order valence-electron chi connectivity index (χ3n) is 2.72. The van der Waals surface area contributed by atoms with Crippen molar-refractivity contribution in [2.75, 3.05) is 5.75 Å². The van der Waals surface area contributed by atoms with Crippen LogP contribution in [-0.2, 0) is 4.79 Å². The average molecular weight is 275 g/mol. The number of para-hydroxylation sites is 1. The van der Waals surface area contributed by atoms with E-state index in [0.29, 0.717) is 17.0 Å². The highest BCUT2D eigenvalue weighted by Crippen LogP contribution is 2.20. The van der Waals surface area contributed by atoms with E-state index in [4.69, 9.17) is 0 Å². The zero-order chi connectivity index (χ0) is 13.1. The topological polar surface area (TPSA) is 72.7 Å². The largest absolute Gasteiger partial charge is 0.353 e. The van der Waals surface area contributed by atoms with Crippen LogP contribution in [0, 0.1) is 0 Å². The van der Waals surface area contributed by atoms with Gasteiger partial charge in [-0.05, 0) is 35.4 Å². The number of nitrogens with zero attached hydrogens (tertiary/aromatic N) is 4. The normalized spacial score (nSPS) is 14.3. The number of hydrogen-bond acceptors (Lipinski definition) is 5. The maximum Gasteiger partial charge on any atom is 0.230 e. The molecule has 0 unspecified atom stereocenters. The number of carbonyl (C=O) groups is 1. The van der Waals surface area contributed by atoms with Crippen molar-refractivity contribution < 1.29 is 4.79 Å². The lowest BCUT2D eigenvalue weighted by atomic mass is 10.3. The molecule has 0 atom stereocenters. The number of rotatable bonds is 5. The third kappa shape index (κ3) is 3.11. The van der Waals surface area contributed by atoms with Crippen molar-refractivity contribution in [3.05, 3.63) is 30.3 Å². The summed E-state index contributed by atoms with van der Waals surface area (Å²) in [5.74, 6) is 0.374. The lowest BCUT2D eigenvalue weighted by molar-refractivity contribution is -0.118. The number of aromatic nitrogens is 4. The van der Waals surface area contributed by atoms with Gasteiger partial charge in [-0.1, -0.05) is 30.0 Å². The van der Waals surface area contributed by atoms with E-state index in [-0.39, 0.29) is 5.91 Å². The van der Waals surface area contributed by atoms with E-state index >= 15 is 0 Å². The minimum absolute atomic E-state index is 0.0371. The summed E-state index contributed by atoms with van der Waals surface area (Å²) < 4.78 is 1.63. The van der Waals surface area contributed by atoms with Crippen molar-refractivity contribution in [2.45, 2.75) is 24.0 Å². The van der Waals surface area contributed by atoms with E-state index in [1.165, 1.54) is 11.8 Å². The molecule has 7 heteroatoms. The molecule has 0 saturated heterocycles. The van der Waals surface area contributed by atoms with Gasteiger partial charge in [-0.2, -0.15) is 4.68 Å². The molecular weight excluding hydrogens is 262 g/mol. The fourth-order valence-electron chi connectivity index (χ4n) is 1.63. The lowest BCUT2D eigenvalue weighted by Crippen LogP contribution is -2.27. The van der Waals surface area contributed by atoms with Crippen LogP contribution in [0.4, 0.5) is 0 Å². The van der Waals surface area contributed by atoms with E-state index in [1.807, 2.05) is 30.3 Å². The highest BCUT2D eigenvalue weighted by molar-refractivity contribution is 7.99. The van der Waals surface area contributed by atoms with Crippen molar-refractivity contribution in [2.24, 2.45) is 0 Å². The van der Waals surface area contributed by atoms with Crippen LogP contribution in [-0.4, -0.2) is 37.9 Å². The second-order valence-corrected chi connectivity index (χ2v) is 5.28. The number of amides is 1. The fourth-order valence-corrected chi connectivity index (χ4v) is 2.33. The average Bonchev–Trinajstić information content (AvgIpc) is 3.12. The van der Waals surface area contributed by atoms with Crippen molar-refractivity contribution in [1.82, 2.24) is 25.5 Å². The molecule has 0 bridgehead atoms. The summed E-state index contributed by atoms with van der Waals surface area (Å²) in [6.07, 6.45) is 2.19. The van der Waals surface area contributed by atoms with Crippen LogP contribution in [0.3, 0.4) is 0 Å². The van der Waals surface area contributed by atoms with Crippen LogP contribution in [0.15, 0.2) is 35.5 Å². The summed E-state index contributed by atoms with van der Waals surface area (Å²) in [7, 11) is 0. The monoisotopic (exact) mass is 275 g/mol. The van der Waals surface area contributed by atoms with E-state index < -0.39 is 0 Å². The lowest BCUT2D eigenvalue weighted by Gasteiger charge is -2.04. The van der Waals surface area contributed by atoms with Crippen molar-refractivity contribution in [3.63, 3.8) is 0 Å². The Kier molecular flexibility index (Phi) is 3.45. The Morgan fingerprint density at radius 2 is 2.16 bits per heavy atom. The van der Waals surface area contributed by atoms with Gasteiger partial charge in [0.15, 0.2) is 0 Å². The predicted molar refractivity (Wildman–Crippen MR) is 71.0 cm³/mol. The molecule has 1 aliphatic rings. The number of nitrogens with one attached hydrogen (secondary N) is 1. The predicted octanol–water partition coefficient (Wildman–Crippen LogP) is 1.03. The molecule has 1 heterocycles. The Bertz CT molecular complexity index is 567. The summed E-state index contributed by atoms with van der Waals surface area (Å²) >= 11 is 1.34. The van der Waals surface area contributed by atoms with Gasteiger partial charge in [-0.25, -0.2) is 0 Å². The van der Waals surface area contributed by atoms with Gasteiger partial charge in [-0.3, -0.25) is 4.79 Å². The fraction of sp³-hybridized carbons (Fsp3) is 0.333. The van der Waals surface area contributed by atoms with Gasteiger partial charge in [0.05, 0.1) is 11.4 Å². The molecule has 19 heavy (non-hydrogen) atoms. The third-order valence-corrected chi connectivity index (χ3v) is 3.64. The zero-order valence-corrected chi connectivity index (χ0v) is 11.0. The standard InChI is InChI=1S/C12H13N5OS/c18-11(13-9-6-7-9)8-19-12-14-15-16-17(12)10-4-2-1-3-5-10/h1-5,9H,6-8H2,(H,13,18). The Morgan fingerprint density at radius 1 is 1.37 bits per heavy atom. The Balaban J connectivity index is 1.65. The number of benzene rings is 1. The molecule has 0 aliphatic heterocycles. The molecule has 1 aromatic carbocycles. The summed E-state index contributed by atoms with van der Waals surface area (Å²) in [6, 6.07) is 10.0. The smallest absolute Gasteiger partial charge is 0.230 e. The molecule has 1 aliphatic carbocycles. The molecule has 1 aromatic heterocycles. The molecule has 6 nitrogen and oxygen atoms in total. The Labute approximate surface area is 114 Å². The molecule has 0 spiro atoms. The van der Waals surface area contributed by atoms with E-state index in [9.17, 15) is 4.79 Å². The number of hydrogen-bond donors (Lipinski definition) is 1. The molecule has 98 valence electrons. The molecular formula is C12H13N5OS. The molecule has 1 amide bonds. The maximum absolute atomic E-state index is 11.6. The summed E-state index contributed by atoms with van der Waals surface area (Å²) in [5.41, 5.74) is 0.887. The van der Waals surface area contributed by atoms with Crippen LogP contribution in [0.5, 0.6) is 0 Å². The number of carbonyl (C=O) groups excluding carboxylic acids is 1. The number of tetrazole rings is 1. The van der Waals surface area contributed by atoms with Crippen LogP contribution >= 0.6 is 11.8 Å². The molecule has 1 fully saturated rings. The quantitative estimate of drug-likeness (QED) is 0.825. The van der Waals surface area contributed by atoms with Gasteiger partial charge >= 0.3 is 0 Å². The number of thioether (sulfide) groups is 1. The van der Waals surface area contributed by atoms with Crippen molar-refractivity contribution >= 4 is 17.7 Å². The van der Waals surface area contributed by atoms with Crippen LogP contribution < -0.4 is 5.32 Å². The second-order valence-electron chi connectivity index (χ2n) is 4.34. The zero-order valence-electron chi connectivity index (χ0n) is 10.2. The first-order chi connectivity index (χ1) is 9.33. The van der Waals surface area contributed by atoms with Crippen LogP contribution in [0.2, 0.25) is 0 Å². The first-order valence-corrected chi connectivity index (χ1v) is 7.07. The Hall–Kier alpha value is -1.89. The van der Waals surface area contributed by atoms with E-state index in [1.54, 1.807) is 4.68 Å². The maximum atomic E-state index is 11.6. The van der Waals surface area contributed by atoms with Crippen molar-refractivity contribution in [1.29, 1.82) is 0 Å². The summed E-state index contributed by atoms with van der Waals surface area (Å²) in [6.45, 7) is 0. The summed E-state index contributed by atoms with van der Waals surface area (Å²) in [4.78, 5) is 11.6. The van der Waals surface area contributed by atoms with Gasteiger partial charge in [0.25, 0.3) is 0 Å². The first-order valence-electron chi connectivity index (χ1n) is 6.09. The van der Waals surface area contributed by atoms with Gasteiger partial charge in [-0.15, -0.1) is 5.10 Å². The van der Waals surface area contributed by atoms with Gasteiger partial charge in [0, 0.05) is 6.04 Å². The molecule has 1 N–H and O–H groups in total. The molecule has 3 rings (SSSR count). The summed E-state index contributed by atoms with van der Waals surface area (Å²) in [5, 5.41) is 15.1. The van der Waals surface area contributed by atoms with Crippen molar-refractivity contribution in [3.8, 4) is 5.69 Å².